The predicted octanol–water partition coefficient (Wildman–Crippen LogP) is 0.645. The van der Waals surface area contributed by atoms with Crippen LogP contribution in [0.2, 0.25) is 0 Å². The molecule has 1 amide bonds. The number of likely N-dealkylation sites (N-methyl/N-ethyl adjacent to an activating group) is 1. The minimum Gasteiger partial charge on any atom is -0.381 e. The van der Waals surface area contributed by atoms with Crippen LogP contribution in [0.3, 0.4) is 0 Å². The van der Waals surface area contributed by atoms with Crippen molar-refractivity contribution in [3.63, 3.8) is 0 Å². The first-order valence-corrected chi connectivity index (χ1v) is 7.67. The first-order valence-electron chi connectivity index (χ1n) is 7.67. The molecule has 1 heterocycles. The number of hydrogen-bond acceptors (Lipinski definition) is 3. The van der Waals surface area contributed by atoms with Gasteiger partial charge in [0.05, 0.1) is 6.61 Å². The maximum atomic E-state index is 11.7. The van der Waals surface area contributed by atoms with Crippen LogP contribution in [-0.2, 0) is 9.53 Å². The minimum atomic E-state index is 0.0106. The van der Waals surface area contributed by atoms with Crippen LogP contribution in [0, 0.1) is 11.8 Å². The SMILES string of the molecule is CC(C)CNC(=NCC(=O)N(C)C)N(C)CC1CCOC1. The summed E-state index contributed by atoms with van der Waals surface area (Å²) in [7, 11) is 5.52. The zero-order valence-corrected chi connectivity index (χ0v) is 14.1. The number of hydrogen-bond donors (Lipinski definition) is 1. The van der Waals surface area contributed by atoms with Crippen molar-refractivity contribution in [3.8, 4) is 0 Å². The van der Waals surface area contributed by atoms with E-state index in [0.717, 1.165) is 38.7 Å². The third-order valence-corrected chi connectivity index (χ3v) is 3.45. The van der Waals surface area contributed by atoms with Gasteiger partial charge in [-0.25, -0.2) is 4.99 Å². The summed E-state index contributed by atoms with van der Waals surface area (Å²) in [5.74, 6) is 1.89. The summed E-state index contributed by atoms with van der Waals surface area (Å²) in [5.41, 5.74) is 0. The van der Waals surface area contributed by atoms with Crippen molar-refractivity contribution in [2.75, 3.05) is 54.0 Å². The molecular formula is C15H30N4O2. The molecule has 122 valence electrons. The van der Waals surface area contributed by atoms with Gasteiger partial charge in [-0.3, -0.25) is 4.79 Å². The molecule has 1 atom stereocenters. The highest BCUT2D eigenvalue weighted by atomic mass is 16.5. The van der Waals surface area contributed by atoms with Gasteiger partial charge in [0.25, 0.3) is 0 Å². The van der Waals surface area contributed by atoms with Crippen LogP contribution in [0.4, 0.5) is 0 Å². The van der Waals surface area contributed by atoms with E-state index >= 15 is 0 Å². The van der Waals surface area contributed by atoms with Gasteiger partial charge in [-0.1, -0.05) is 13.8 Å². The second-order valence-electron chi connectivity index (χ2n) is 6.31. The maximum Gasteiger partial charge on any atom is 0.243 e. The standard InChI is InChI=1S/C15H30N4O2/c1-12(2)8-16-15(17-9-14(20)18(3)4)19(5)10-13-6-7-21-11-13/h12-13H,6-11H2,1-5H3,(H,16,17). The van der Waals surface area contributed by atoms with Crippen molar-refractivity contribution in [1.82, 2.24) is 15.1 Å². The average molecular weight is 298 g/mol. The van der Waals surface area contributed by atoms with Gasteiger partial charge in [0, 0.05) is 46.8 Å². The Morgan fingerprint density at radius 1 is 1.38 bits per heavy atom. The Balaban J connectivity index is 2.60. The van der Waals surface area contributed by atoms with Gasteiger partial charge < -0.3 is 19.9 Å². The zero-order valence-electron chi connectivity index (χ0n) is 14.1. The number of amides is 1. The lowest BCUT2D eigenvalue weighted by Gasteiger charge is -2.25. The van der Waals surface area contributed by atoms with E-state index in [0.29, 0.717) is 11.8 Å². The molecule has 1 unspecified atom stereocenters. The van der Waals surface area contributed by atoms with Crippen LogP contribution in [0.15, 0.2) is 4.99 Å². The molecule has 1 fully saturated rings. The third-order valence-electron chi connectivity index (χ3n) is 3.45. The lowest BCUT2D eigenvalue weighted by atomic mass is 10.1. The van der Waals surface area contributed by atoms with Crippen LogP contribution in [-0.4, -0.2) is 75.7 Å². The van der Waals surface area contributed by atoms with Crippen molar-refractivity contribution in [2.45, 2.75) is 20.3 Å². The highest BCUT2D eigenvalue weighted by Gasteiger charge is 2.19. The van der Waals surface area contributed by atoms with Crippen LogP contribution in [0.1, 0.15) is 20.3 Å². The Hall–Kier alpha value is -1.30. The summed E-state index contributed by atoms with van der Waals surface area (Å²) in [5, 5.41) is 3.35. The minimum absolute atomic E-state index is 0.0106. The highest BCUT2D eigenvalue weighted by molar-refractivity contribution is 5.84. The summed E-state index contributed by atoms with van der Waals surface area (Å²) >= 11 is 0. The molecular weight excluding hydrogens is 268 g/mol. The fourth-order valence-electron chi connectivity index (χ4n) is 2.09. The average Bonchev–Trinajstić information content (AvgIpc) is 2.90. The summed E-state index contributed by atoms with van der Waals surface area (Å²) in [6.45, 7) is 7.91. The fraction of sp³-hybridized carbons (Fsp3) is 0.867. The third kappa shape index (κ3) is 6.80. The summed E-state index contributed by atoms with van der Waals surface area (Å²) in [6.07, 6.45) is 1.10. The molecule has 0 bridgehead atoms. The highest BCUT2D eigenvalue weighted by Crippen LogP contribution is 2.13. The van der Waals surface area contributed by atoms with E-state index in [1.807, 2.05) is 7.05 Å². The molecule has 1 N–H and O–H groups in total. The van der Waals surface area contributed by atoms with Crippen LogP contribution in [0.25, 0.3) is 0 Å². The van der Waals surface area contributed by atoms with E-state index in [9.17, 15) is 4.79 Å². The molecule has 1 rings (SSSR count). The van der Waals surface area contributed by atoms with E-state index < -0.39 is 0 Å². The predicted molar refractivity (Wildman–Crippen MR) is 85.4 cm³/mol. The summed E-state index contributed by atoms with van der Waals surface area (Å²) in [6, 6.07) is 0. The van der Waals surface area contributed by atoms with Gasteiger partial charge in [-0.15, -0.1) is 0 Å². The molecule has 0 spiro atoms. The molecule has 21 heavy (non-hydrogen) atoms. The second-order valence-corrected chi connectivity index (χ2v) is 6.31. The van der Waals surface area contributed by atoms with Crippen molar-refractivity contribution < 1.29 is 9.53 Å². The molecule has 0 radical (unpaired) electrons. The Morgan fingerprint density at radius 2 is 2.10 bits per heavy atom. The van der Waals surface area contributed by atoms with Crippen LogP contribution in [0.5, 0.6) is 0 Å². The summed E-state index contributed by atoms with van der Waals surface area (Å²) < 4.78 is 5.42. The molecule has 0 aromatic heterocycles. The number of rotatable bonds is 6. The summed E-state index contributed by atoms with van der Waals surface area (Å²) in [4.78, 5) is 19.8. The lowest BCUT2D eigenvalue weighted by molar-refractivity contribution is -0.127. The number of guanidine groups is 1. The number of carbonyl (C=O) groups excluding carboxylic acids is 1. The molecule has 0 aliphatic carbocycles. The van der Waals surface area contributed by atoms with E-state index in [1.54, 1.807) is 19.0 Å². The molecule has 1 aliphatic heterocycles. The molecule has 1 saturated heterocycles. The van der Waals surface area contributed by atoms with Gasteiger partial charge in [-0.05, 0) is 12.3 Å². The van der Waals surface area contributed by atoms with Crippen LogP contribution < -0.4 is 5.32 Å². The molecule has 1 aliphatic rings. The molecule has 0 aromatic rings. The fourth-order valence-corrected chi connectivity index (χ4v) is 2.09. The van der Waals surface area contributed by atoms with Crippen molar-refractivity contribution in [1.29, 1.82) is 0 Å². The number of nitrogens with one attached hydrogen (secondary N) is 1. The largest absolute Gasteiger partial charge is 0.381 e. The molecule has 0 aromatic carbocycles. The van der Waals surface area contributed by atoms with Gasteiger partial charge in [0.2, 0.25) is 5.91 Å². The van der Waals surface area contributed by atoms with E-state index in [1.165, 1.54) is 0 Å². The van der Waals surface area contributed by atoms with E-state index in [-0.39, 0.29) is 12.5 Å². The zero-order chi connectivity index (χ0) is 15.8. The number of aliphatic imine (C=N–C) groups is 1. The normalized spacial score (nSPS) is 19.0. The Bertz CT molecular complexity index is 350. The Labute approximate surface area is 128 Å². The quantitative estimate of drug-likeness (QED) is 0.578. The number of carbonyl (C=O) groups is 1. The second kappa shape index (κ2) is 8.87. The van der Waals surface area contributed by atoms with E-state index in [2.05, 4.69) is 29.1 Å². The first kappa shape index (κ1) is 17.8. The Kier molecular flexibility index (Phi) is 7.50. The monoisotopic (exact) mass is 298 g/mol. The first-order chi connectivity index (χ1) is 9.90. The van der Waals surface area contributed by atoms with E-state index in [4.69, 9.17) is 4.74 Å². The van der Waals surface area contributed by atoms with Gasteiger partial charge >= 0.3 is 0 Å². The molecule has 6 heteroatoms. The lowest BCUT2D eigenvalue weighted by Crippen LogP contribution is -2.43. The van der Waals surface area contributed by atoms with Gasteiger partial charge in [0.15, 0.2) is 5.96 Å². The maximum absolute atomic E-state index is 11.7. The Morgan fingerprint density at radius 3 is 2.62 bits per heavy atom. The molecule has 6 nitrogen and oxygen atoms in total. The van der Waals surface area contributed by atoms with Crippen LogP contribution >= 0.6 is 0 Å². The topological polar surface area (TPSA) is 57.2 Å². The number of ether oxygens (including phenoxy) is 1. The smallest absolute Gasteiger partial charge is 0.243 e. The van der Waals surface area contributed by atoms with Crippen molar-refractivity contribution in [3.05, 3.63) is 0 Å². The van der Waals surface area contributed by atoms with Gasteiger partial charge in [-0.2, -0.15) is 0 Å². The van der Waals surface area contributed by atoms with Crippen molar-refractivity contribution in [2.24, 2.45) is 16.8 Å². The van der Waals surface area contributed by atoms with Gasteiger partial charge in [0.1, 0.15) is 6.54 Å². The van der Waals surface area contributed by atoms with Crippen molar-refractivity contribution >= 4 is 11.9 Å². The number of nitrogens with zero attached hydrogens (tertiary/aromatic N) is 3. The molecule has 0 saturated carbocycles.